The number of hydrogen-bond donors (Lipinski definition) is 0. The zero-order valence-electron chi connectivity index (χ0n) is 9.58. The van der Waals surface area contributed by atoms with Gasteiger partial charge in [0.05, 0.1) is 13.2 Å². The molecule has 0 unspecified atom stereocenters. The summed E-state index contributed by atoms with van der Waals surface area (Å²) in [5.41, 5.74) is 0. The fraction of sp³-hybridized carbons (Fsp3) is 0.750. The summed E-state index contributed by atoms with van der Waals surface area (Å²) in [5.74, 6) is 0.773. The lowest BCUT2D eigenvalue weighted by Crippen LogP contribution is -2.32. The molecule has 0 aromatic heterocycles. The van der Waals surface area contributed by atoms with Crippen molar-refractivity contribution in [2.45, 2.75) is 26.2 Å². The van der Waals surface area contributed by atoms with Crippen LogP contribution in [0.25, 0.3) is 0 Å². The molecule has 0 aliphatic heterocycles. The van der Waals surface area contributed by atoms with E-state index in [0.717, 1.165) is 19.0 Å². The van der Waals surface area contributed by atoms with Crippen LogP contribution in [-0.2, 0) is 9.53 Å². The first-order valence-corrected chi connectivity index (χ1v) is 5.75. The largest absolute Gasteiger partial charge is 0.465 e. The van der Waals surface area contributed by atoms with E-state index in [1.165, 1.54) is 19.3 Å². The van der Waals surface area contributed by atoms with E-state index in [1.807, 2.05) is 13.0 Å². The number of rotatable bonds is 8. The highest BCUT2D eigenvalue weighted by atomic mass is 16.5. The van der Waals surface area contributed by atoms with Crippen molar-refractivity contribution in [1.82, 2.24) is 4.90 Å². The van der Waals surface area contributed by atoms with Crippen molar-refractivity contribution in [3.63, 3.8) is 0 Å². The lowest BCUT2D eigenvalue weighted by Gasteiger charge is -2.19. The molecule has 3 heteroatoms. The first-order chi connectivity index (χ1) is 7.26. The predicted octanol–water partition coefficient (Wildman–Crippen LogP) is 1.84. The van der Waals surface area contributed by atoms with Gasteiger partial charge in [-0.3, -0.25) is 9.69 Å². The predicted molar refractivity (Wildman–Crippen MR) is 60.6 cm³/mol. The normalized spacial score (nSPS) is 15.3. The van der Waals surface area contributed by atoms with Crippen LogP contribution in [0, 0.1) is 5.92 Å². The van der Waals surface area contributed by atoms with Gasteiger partial charge in [0.15, 0.2) is 0 Å². The molecular formula is C12H21NO2. The van der Waals surface area contributed by atoms with Gasteiger partial charge in [0.2, 0.25) is 0 Å². The van der Waals surface area contributed by atoms with Gasteiger partial charge in [-0.1, -0.05) is 18.9 Å². The van der Waals surface area contributed by atoms with Crippen LogP contribution in [0.2, 0.25) is 0 Å². The summed E-state index contributed by atoms with van der Waals surface area (Å²) >= 11 is 0. The molecule has 0 N–H and O–H groups in total. The lowest BCUT2D eigenvalue weighted by molar-refractivity contribution is -0.144. The van der Waals surface area contributed by atoms with Crippen molar-refractivity contribution in [2.24, 2.45) is 5.92 Å². The monoisotopic (exact) mass is 211 g/mol. The Labute approximate surface area is 92.1 Å². The number of esters is 1. The third-order valence-electron chi connectivity index (χ3n) is 2.60. The van der Waals surface area contributed by atoms with E-state index in [2.05, 4.69) is 11.5 Å². The molecular weight excluding hydrogens is 190 g/mol. The molecule has 1 saturated carbocycles. The Hall–Kier alpha value is -0.830. The van der Waals surface area contributed by atoms with Crippen LogP contribution >= 0.6 is 0 Å². The highest BCUT2D eigenvalue weighted by molar-refractivity contribution is 5.71. The minimum atomic E-state index is -0.129. The Bertz CT molecular complexity index is 212. The maximum Gasteiger partial charge on any atom is 0.320 e. The van der Waals surface area contributed by atoms with Gasteiger partial charge < -0.3 is 4.74 Å². The van der Waals surface area contributed by atoms with E-state index in [9.17, 15) is 4.79 Å². The van der Waals surface area contributed by atoms with Gasteiger partial charge in [0.25, 0.3) is 0 Å². The second kappa shape index (κ2) is 6.62. The Balaban J connectivity index is 2.20. The molecule has 0 bridgehead atoms. The molecule has 0 amide bonds. The molecule has 1 aliphatic carbocycles. The SMILES string of the molecule is C=CCN(CCC1CC1)CC(=O)OCC. The maximum absolute atomic E-state index is 11.3. The number of hydrogen-bond acceptors (Lipinski definition) is 3. The average molecular weight is 211 g/mol. The van der Waals surface area contributed by atoms with Crippen LogP contribution in [0.1, 0.15) is 26.2 Å². The number of carbonyl (C=O) groups is 1. The van der Waals surface area contributed by atoms with Gasteiger partial charge in [-0.2, -0.15) is 0 Å². The van der Waals surface area contributed by atoms with Gasteiger partial charge in [0.1, 0.15) is 0 Å². The van der Waals surface area contributed by atoms with Crippen molar-refractivity contribution in [2.75, 3.05) is 26.2 Å². The first kappa shape index (κ1) is 12.2. The molecule has 0 spiro atoms. The fourth-order valence-corrected chi connectivity index (χ4v) is 1.58. The standard InChI is InChI=1S/C12H21NO2/c1-3-8-13(9-7-11-5-6-11)10-12(14)15-4-2/h3,11H,1,4-10H2,2H3. The van der Waals surface area contributed by atoms with E-state index < -0.39 is 0 Å². The second-order valence-electron chi connectivity index (χ2n) is 4.06. The van der Waals surface area contributed by atoms with Crippen molar-refractivity contribution in [3.05, 3.63) is 12.7 Å². The summed E-state index contributed by atoms with van der Waals surface area (Å²) in [6, 6.07) is 0. The van der Waals surface area contributed by atoms with E-state index in [4.69, 9.17) is 4.74 Å². The molecule has 0 aromatic carbocycles. The number of ether oxygens (including phenoxy) is 1. The molecule has 3 nitrogen and oxygen atoms in total. The van der Waals surface area contributed by atoms with Gasteiger partial charge >= 0.3 is 5.97 Å². The molecule has 1 aliphatic rings. The molecule has 0 heterocycles. The summed E-state index contributed by atoms with van der Waals surface area (Å²) in [6.45, 7) is 8.14. The van der Waals surface area contributed by atoms with Crippen LogP contribution in [0.5, 0.6) is 0 Å². The zero-order valence-corrected chi connectivity index (χ0v) is 9.58. The van der Waals surface area contributed by atoms with Gasteiger partial charge in [-0.15, -0.1) is 6.58 Å². The molecule has 0 radical (unpaired) electrons. The Kier molecular flexibility index (Phi) is 5.40. The third kappa shape index (κ3) is 5.57. The molecule has 0 saturated heterocycles. The minimum absolute atomic E-state index is 0.129. The number of carbonyl (C=O) groups excluding carboxylic acids is 1. The molecule has 0 aromatic rings. The van der Waals surface area contributed by atoms with Crippen molar-refractivity contribution < 1.29 is 9.53 Å². The highest BCUT2D eigenvalue weighted by Gasteiger charge is 2.22. The van der Waals surface area contributed by atoms with Crippen LogP contribution in [0.3, 0.4) is 0 Å². The minimum Gasteiger partial charge on any atom is -0.465 e. The maximum atomic E-state index is 11.3. The molecule has 1 rings (SSSR count). The Morgan fingerprint density at radius 1 is 1.60 bits per heavy atom. The van der Waals surface area contributed by atoms with E-state index in [-0.39, 0.29) is 5.97 Å². The Morgan fingerprint density at radius 2 is 2.33 bits per heavy atom. The van der Waals surface area contributed by atoms with Gasteiger partial charge in [0, 0.05) is 6.54 Å². The van der Waals surface area contributed by atoms with E-state index in [1.54, 1.807) is 0 Å². The fourth-order valence-electron chi connectivity index (χ4n) is 1.58. The topological polar surface area (TPSA) is 29.5 Å². The molecule has 1 fully saturated rings. The van der Waals surface area contributed by atoms with Crippen molar-refractivity contribution >= 4 is 5.97 Å². The average Bonchev–Trinajstić information content (AvgIpc) is 2.98. The summed E-state index contributed by atoms with van der Waals surface area (Å²) in [6.07, 6.45) is 5.77. The van der Waals surface area contributed by atoms with Crippen LogP contribution < -0.4 is 0 Å². The third-order valence-corrected chi connectivity index (χ3v) is 2.60. The zero-order chi connectivity index (χ0) is 11.1. The second-order valence-corrected chi connectivity index (χ2v) is 4.06. The Morgan fingerprint density at radius 3 is 2.87 bits per heavy atom. The summed E-state index contributed by atoms with van der Waals surface area (Å²) in [7, 11) is 0. The number of nitrogens with zero attached hydrogens (tertiary/aromatic N) is 1. The summed E-state index contributed by atoms with van der Waals surface area (Å²) in [4.78, 5) is 13.4. The molecule has 0 atom stereocenters. The van der Waals surface area contributed by atoms with Crippen LogP contribution in [0.15, 0.2) is 12.7 Å². The van der Waals surface area contributed by atoms with E-state index in [0.29, 0.717) is 13.2 Å². The summed E-state index contributed by atoms with van der Waals surface area (Å²) < 4.78 is 4.93. The molecule has 15 heavy (non-hydrogen) atoms. The van der Waals surface area contributed by atoms with Crippen molar-refractivity contribution in [1.29, 1.82) is 0 Å². The quantitative estimate of drug-likeness (QED) is 0.453. The molecule has 86 valence electrons. The van der Waals surface area contributed by atoms with Crippen molar-refractivity contribution in [3.8, 4) is 0 Å². The van der Waals surface area contributed by atoms with Crippen LogP contribution in [-0.4, -0.2) is 37.1 Å². The smallest absolute Gasteiger partial charge is 0.320 e. The van der Waals surface area contributed by atoms with Gasteiger partial charge in [-0.05, 0) is 25.8 Å². The van der Waals surface area contributed by atoms with Gasteiger partial charge in [-0.25, -0.2) is 0 Å². The highest BCUT2D eigenvalue weighted by Crippen LogP contribution is 2.32. The van der Waals surface area contributed by atoms with Crippen LogP contribution in [0.4, 0.5) is 0 Å². The van der Waals surface area contributed by atoms with E-state index >= 15 is 0 Å². The lowest BCUT2D eigenvalue weighted by atomic mass is 10.2. The summed E-state index contributed by atoms with van der Waals surface area (Å²) in [5, 5.41) is 0. The first-order valence-electron chi connectivity index (χ1n) is 5.75.